The van der Waals surface area contributed by atoms with Crippen molar-refractivity contribution in [3.8, 4) is 0 Å². The van der Waals surface area contributed by atoms with Crippen LogP contribution in [0.4, 0.5) is 13.2 Å². The number of hydrogen-bond donors (Lipinski definition) is 0. The molecule has 1 rings (SSSR count). The molecule has 0 aromatic rings. The molecule has 0 atom stereocenters. The van der Waals surface area contributed by atoms with Gasteiger partial charge in [0, 0.05) is 0 Å². The maximum absolute atomic E-state index is 12.5. The Bertz CT molecular complexity index is 199. The van der Waals surface area contributed by atoms with Gasteiger partial charge in [-0.15, -0.1) is 0 Å². The fraction of sp³-hybridized carbons (Fsp3) is 0.500. The zero-order valence-electron chi connectivity index (χ0n) is 6.04. The molecule has 0 radical (unpaired) electrons. The van der Waals surface area contributed by atoms with E-state index in [2.05, 4.69) is 0 Å². The minimum Gasteiger partial charge on any atom is -0.201 e. The van der Waals surface area contributed by atoms with Crippen molar-refractivity contribution in [3.05, 3.63) is 23.6 Å². The Morgan fingerprint density at radius 1 is 1.18 bits per heavy atom. The van der Waals surface area contributed by atoms with E-state index >= 15 is 0 Å². The average Bonchev–Trinajstić information content (AvgIpc) is 2.05. The molecular formula is C8H9F3. The summed E-state index contributed by atoms with van der Waals surface area (Å²) in [6, 6.07) is 0. The summed E-state index contributed by atoms with van der Waals surface area (Å²) in [5, 5.41) is 0. The van der Waals surface area contributed by atoms with E-state index in [0.29, 0.717) is 6.42 Å². The first-order valence-electron chi connectivity index (χ1n) is 3.62. The summed E-state index contributed by atoms with van der Waals surface area (Å²) in [6.45, 7) is 0. The third kappa shape index (κ3) is 2.10. The van der Waals surface area contributed by atoms with Crippen molar-refractivity contribution in [3.63, 3.8) is 0 Å². The monoisotopic (exact) mass is 162 g/mol. The molecule has 0 aliphatic heterocycles. The van der Waals surface area contributed by atoms with Gasteiger partial charge in [0.2, 0.25) is 0 Å². The summed E-state index contributed by atoms with van der Waals surface area (Å²) in [6.07, 6.45) is 2.31. The molecule has 0 bridgehead atoms. The highest BCUT2D eigenvalue weighted by Crippen LogP contribution is 2.27. The molecule has 3 heteroatoms. The van der Waals surface area contributed by atoms with E-state index in [0.717, 1.165) is 19.3 Å². The van der Waals surface area contributed by atoms with Crippen LogP contribution in [-0.2, 0) is 0 Å². The highest BCUT2D eigenvalue weighted by atomic mass is 19.3. The summed E-state index contributed by atoms with van der Waals surface area (Å²) in [5.41, 5.74) is 0.177. The van der Waals surface area contributed by atoms with Gasteiger partial charge >= 0.3 is 6.08 Å². The van der Waals surface area contributed by atoms with Gasteiger partial charge in [0.05, 0.1) is 0 Å². The molecule has 1 aliphatic rings. The topological polar surface area (TPSA) is 0 Å². The van der Waals surface area contributed by atoms with E-state index < -0.39 is 11.9 Å². The normalized spacial score (nSPS) is 17.5. The van der Waals surface area contributed by atoms with Crippen LogP contribution in [0.15, 0.2) is 23.6 Å². The molecule has 0 unspecified atom stereocenters. The van der Waals surface area contributed by atoms with Crippen molar-refractivity contribution < 1.29 is 13.2 Å². The van der Waals surface area contributed by atoms with Crippen LogP contribution in [0.25, 0.3) is 0 Å². The Kier molecular flexibility index (Phi) is 2.74. The molecule has 0 aromatic carbocycles. The fourth-order valence-corrected chi connectivity index (χ4v) is 1.16. The maximum Gasteiger partial charge on any atom is 0.305 e. The second kappa shape index (κ2) is 3.60. The third-order valence-electron chi connectivity index (χ3n) is 1.74. The number of rotatable bonds is 1. The smallest absolute Gasteiger partial charge is 0.201 e. The molecule has 1 aliphatic carbocycles. The van der Waals surface area contributed by atoms with Crippen LogP contribution in [-0.4, -0.2) is 0 Å². The third-order valence-corrected chi connectivity index (χ3v) is 1.74. The number of hydrogen-bond acceptors (Lipinski definition) is 0. The molecule has 0 heterocycles. The van der Waals surface area contributed by atoms with E-state index in [1.165, 1.54) is 0 Å². The van der Waals surface area contributed by atoms with E-state index in [-0.39, 0.29) is 5.57 Å². The molecule has 62 valence electrons. The molecule has 0 nitrogen and oxygen atoms in total. The Morgan fingerprint density at radius 3 is 2.36 bits per heavy atom. The van der Waals surface area contributed by atoms with E-state index in [1.807, 2.05) is 0 Å². The summed E-state index contributed by atoms with van der Waals surface area (Å²) in [7, 11) is 0. The standard InChI is InChI=1S/C8H9F3/c9-7(8(10)11)6-4-2-1-3-5-6/h4H,1-3,5H2. The Labute approximate surface area is 63.4 Å². The predicted octanol–water partition coefficient (Wildman–Crippen LogP) is 3.56. The van der Waals surface area contributed by atoms with Crippen molar-refractivity contribution in [2.45, 2.75) is 25.7 Å². The lowest BCUT2D eigenvalue weighted by molar-refractivity contribution is 0.381. The number of allylic oxidation sites excluding steroid dienone is 3. The van der Waals surface area contributed by atoms with Gasteiger partial charge in [-0.3, -0.25) is 0 Å². The molecule has 0 saturated carbocycles. The summed E-state index contributed by atoms with van der Waals surface area (Å²) < 4.78 is 35.8. The van der Waals surface area contributed by atoms with Crippen molar-refractivity contribution in [2.24, 2.45) is 0 Å². The zero-order chi connectivity index (χ0) is 8.27. The van der Waals surface area contributed by atoms with Crippen LogP contribution in [0.3, 0.4) is 0 Å². The van der Waals surface area contributed by atoms with Gasteiger partial charge in [0.1, 0.15) is 0 Å². The lowest BCUT2D eigenvalue weighted by Gasteiger charge is -2.09. The molecule has 0 saturated heterocycles. The molecule has 0 N–H and O–H groups in total. The summed E-state index contributed by atoms with van der Waals surface area (Å²) in [5.74, 6) is -1.32. The molecule has 0 aromatic heterocycles. The quantitative estimate of drug-likeness (QED) is 0.553. The highest BCUT2D eigenvalue weighted by Gasteiger charge is 2.13. The van der Waals surface area contributed by atoms with Crippen LogP contribution in [0.2, 0.25) is 0 Å². The van der Waals surface area contributed by atoms with Gasteiger partial charge in [-0.05, 0) is 31.3 Å². The second-order valence-corrected chi connectivity index (χ2v) is 2.55. The van der Waals surface area contributed by atoms with Gasteiger partial charge in [-0.25, -0.2) is 4.39 Å². The largest absolute Gasteiger partial charge is 0.305 e. The molecule has 0 spiro atoms. The van der Waals surface area contributed by atoms with Crippen LogP contribution < -0.4 is 0 Å². The van der Waals surface area contributed by atoms with Gasteiger partial charge in [-0.1, -0.05) is 6.08 Å². The fourth-order valence-electron chi connectivity index (χ4n) is 1.16. The first-order valence-corrected chi connectivity index (χ1v) is 3.62. The molecule has 0 fully saturated rings. The maximum atomic E-state index is 12.5. The van der Waals surface area contributed by atoms with Gasteiger partial charge in [0.25, 0.3) is 0 Å². The Hall–Kier alpha value is -0.730. The van der Waals surface area contributed by atoms with E-state index in [4.69, 9.17) is 0 Å². The first-order chi connectivity index (χ1) is 5.22. The average molecular weight is 162 g/mol. The van der Waals surface area contributed by atoms with Crippen LogP contribution in [0.1, 0.15) is 25.7 Å². The van der Waals surface area contributed by atoms with Gasteiger partial charge in [0.15, 0.2) is 5.83 Å². The SMILES string of the molecule is FC(F)=C(F)C1=CCCCC1. The molecule has 11 heavy (non-hydrogen) atoms. The van der Waals surface area contributed by atoms with Crippen molar-refractivity contribution in [2.75, 3.05) is 0 Å². The van der Waals surface area contributed by atoms with Crippen molar-refractivity contribution in [1.82, 2.24) is 0 Å². The highest BCUT2D eigenvalue weighted by molar-refractivity contribution is 5.26. The summed E-state index contributed by atoms with van der Waals surface area (Å²) >= 11 is 0. The summed E-state index contributed by atoms with van der Waals surface area (Å²) in [4.78, 5) is 0. The Morgan fingerprint density at radius 2 is 1.91 bits per heavy atom. The minimum absolute atomic E-state index is 0.177. The van der Waals surface area contributed by atoms with E-state index in [9.17, 15) is 13.2 Å². The number of halogens is 3. The zero-order valence-corrected chi connectivity index (χ0v) is 6.04. The molecular weight excluding hydrogens is 153 g/mol. The van der Waals surface area contributed by atoms with Crippen LogP contribution in [0, 0.1) is 0 Å². The minimum atomic E-state index is -2.20. The van der Waals surface area contributed by atoms with Crippen LogP contribution >= 0.6 is 0 Å². The second-order valence-electron chi connectivity index (χ2n) is 2.55. The van der Waals surface area contributed by atoms with Gasteiger partial charge in [-0.2, -0.15) is 8.78 Å². The lowest BCUT2D eigenvalue weighted by atomic mass is 9.99. The van der Waals surface area contributed by atoms with Crippen molar-refractivity contribution in [1.29, 1.82) is 0 Å². The lowest BCUT2D eigenvalue weighted by Crippen LogP contribution is -1.92. The van der Waals surface area contributed by atoms with E-state index in [1.54, 1.807) is 6.08 Å². The van der Waals surface area contributed by atoms with Crippen LogP contribution in [0.5, 0.6) is 0 Å². The first kappa shape index (κ1) is 8.37. The molecule has 0 amide bonds. The predicted molar refractivity (Wildman–Crippen MR) is 36.9 cm³/mol. The van der Waals surface area contributed by atoms with Gasteiger partial charge < -0.3 is 0 Å². The Balaban J connectivity index is 2.74. The van der Waals surface area contributed by atoms with Crippen molar-refractivity contribution >= 4 is 0 Å².